The van der Waals surface area contributed by atoms with Gasteiger partial charge in [-0.2, -0.15) is 0 Å². The zero-order chi connectivity index (χ0) is 13.1. The molecule has 0 amide bonds. The molecule has 2 atom stereocenters. The topological polar surface area (TPSA) is 3.24 Å². The van der Waals surface area contributed by atoms with Gasteiger partial charge in [0.05, 0.1) is 5.02 Å². The van der Waals surface area contributed by atoms with Crippen LogP contribution in [-0.2, 0) is 6.54 Å². The van der Waals surface area contributed by atoms with E-state index in [9.17, 15) is 4.39 Å². The smallest absolute Gasteiger partial charge is 0.146 e. The molecule has 0 heterocycles. The Morgan fingerprint density at radius 3 is 2.78 bits per heavy atom. The van der Waals surface area contributed by atoms with Crippen LogP contribution in [0.1, 0.15) is 31.2 Å². The lowest BCUT2D eigenvalue weighted by Crippen LogP contribution is -2.40. The molecule has 0 aromatic heterocycles. The van der Waals surface area contributed by atoms with Crippen molar-refractivity contribution < 1.29 is 4.39 Å². The van der Waals surface area contributed by atoms with Gasteiger partial charge in [0.1, 0.15) is 5.82 Å². The van der Waals surface area contributed by atoms with Crippen molar-refractivity contribution in [3.05, 3.63) is 34.6 Å². The molecule has 18 heavy (non-hydrogen) atoms. The summed E-state index contributed by atoms with van der Waals surface area (Å²) < 4.78 is 13.8. The van der Waals surface area contributed by atoms with Gasteiger partial charge in [-0.05, 0) is 26.0 Å². The first-order valence-corrected chi connectivity index (χ1v) is 7.18. The molecule has 1 aromatic rings. The Morgan fingerprint density at radius 1 is 1.33 bits per heavy atom. The fourth-order valence-electron chi connectivity index (χ4n) is 2.62. The maximum atomic E-state index is 13.8. The van der Waals surface area contributed by atoms with Gasteiger partial charge >= 0.3 is 0 Å². The first kappa shape index (κ1) is 14.1. The molecule has 0 spiro atoms. The van der Waals surface area contributed by atoms with Gasteiger partial charge in [0.15, 0.2) is 0 Å². The molecule has 0 bridgehead atoms. The zero-order valence-corrected chi connectivity index (χ0v) is 12.0. The third-order valence-corrected chi connectivity index (χ3v) is 4.47. The second-order valence-electron chi connectivity index (χ2n) is 5.00. The number of hydrogen-bond acceptors (Lipinski definition) is 1. The highest BCUT2D eigenvalue weighted by molar-refractivity contribution is 6.30. The quantitative estimate of drug-likeness (QED) is 0.743. The van der Waals surface area contributed by atoms with Crippen molar-refractivity contribution in [1.82, 2.24) is 4.90 Å². The molecule has 1 aliphatic rings. The molecule has 100 valence electrons. The predicted molar refractivity (Wildman–Crippen MR) is 74.8 cm³/mol. The summed E-state index contributed by atoms with van der Waals surface area (Å²) in [5.41, 5.74) is 0.638. The van der Waals surface area contributed by atoms with Gasteiger partial charge in [-0.15, -0.1) is 11.6 Å². The lowest BCUT2D eigenvalue weighted by atomic mass is 9.93. The van der Waals surface area contributed by atoms with E-state index in [1.165, 1.54) is 12.8 Å². The van der Waals surface area contributed by atoms with Crippen molar-refractivity contribution in [3.63, 3.8) is 0 Å². The van der Waals surface area contributed by atoms with Crippen molar-refractivity contribution in [1.29, 1.82) is 0 Å². The number of hydrogen-bond donors (Lipinski definition) is 0. The molecule has 1 nitrogen and oxygen atoms in total. The largest absolute Gasteiger partial charge is 0.298 e. The van der Waals surface area contributed by atoms with Crippen LogP contribution < -0.4 is 0 Å². The summed E-state index contributed by atoms with van der Waals surface area (Å²) in [5.74, 6) is -0.312. The summed E-state index contributed by atoms with van der Waals surface area (Å²) in [6, 6.07) is 5.47. The zero-order valence-electron chi connectivity index (χ0n) is 10.5. The number of nitrogens with zero attached hydrogens (tertiary/aromatic N) is 1. The normalized spacial score (nSPS) is 24.5. The third-order valence-electron chi connectivity index (χ3n) is 3.66. The highest BCUT2D eigenvalue weighted by atomic mass is 35.5. The Morgan fingerprint density at radius 2 is 2.06 bits per heavy atom. The molecule has 1 aromatic carbocycles. The Bertz CT molecular complexity index is 411. The molecule has 1 aliphatic carbocycles. The average molecular weight is 290 g/mol. The van der Waals surface area contributed by atoms with E-state index in [1.54, 1.807) is 18.2 Å². The van der Waals surface area contributed by atoms with E-state index in [0.29, 0.717) is 18.2 Å². The molecule has 1 fully saturated rings. The summed E-state index contributed by atoms with van der Waals surface area (Å²) >= 11 is 12.1. The Balaban J connectivity index is 2.06. The number of benzene rings is 1. The average Bonchev–Trinajstić information content (AvgIpc) is 2.35. The molecule has 0 saturated heterocycles. The maximum Gasteiger partial charge on any atom is 0.146 e. The van der Waals surface area contributed by atoms with E-state index in [-0.39, 0.29) is 16.2 Å². The van der Waals surface area contributed by atoms with Crippen LogP contribution in [0.15, 0.2) is 18.2 Å². The van der Waals surface area contributed by atoms with Crippen LogP contribution in [0.3, 0.4) is 0 Å². The minimum Gasteiger partial charge on any atom is -0.298 e. The van der Waals surface area contributed by atoms with Crippen LogP contribution in [0.25, 0.3) is 0 Å². The molecule has 2 unspecified atom stereocenters. The van der Waals surface area contributed by atoms with Crippen molar-refractivity contribution >= 4 is 23.2 Å². The molecule has 2 rings (SSSR count). The number of halogens is 3. The SMILES string of the molecule is CN(Cc1cccc(Cl)c1F)C1CCCCC1Cl. The van der Waals surface area contributed by atoms with Gasteiger partial charge in [-0.1, -0.05) is 36.6 Å². The highest BCUT2D eigenvalue weighted by Crippen LogP contribution is 2.28. The van der Waals surface area contributed by atoms with Gasteiger partial charge in [-0.25, -0.2) is 4.39 Å². The van der Waals surface area contributed by atoms with Crippen LogP contribution in [0.5, 0.6) is 0 Å². The molecule has 4 heteroatoms. The van der Waals surface area contributed by atoms with E-state index in [2.05, 4.69) is 4.90 Å². The predicted octanol–water partition coefficient (Wildman–Crippen LogP) is 4.46. The summed E-state index contributed by atoms with van der Waals surface area (Å²) in [4.78, 5) is 2.14. The Labute approximate surface area is 118 Å². The van der Waals surface area contributed by atoms with Gasteiger partial charge in [-0.3, -0.25) is 4.90 Å². The monoisotopic (exact) mass is 289 g/mol. The Kier molecular flexibility index (Phi) is 4.88. The minimum atomic E-state index is -0.312. The molecule has 0 N–H and O–H groups in total. The lowest BCUT2D eigenvalue weighted by molar-refractivity contribution is 0.186. The van der Waals surface area contributed by atoms with Gasteiger partial charge in [0.2, 0.25) is 0 Å². The van der Waals surface area contributed by atoms with Crippen molar-refractivity contribution in [2.24, 2.45) is 0 Å². The first-order valence-electron chi connectivity index (χ1n) is 6.37. The molecule has 1 saturated carbocycles. The van der Waals surface area contributed by atoms with E-state index >= 15 is 0 Å². The lowest BCUT2D eigenvalue weighted by Gasteiger charge is -2.35. The van der Waals surface area contributed by atoms with Crippen LogP contribution >= 0.6 is 23.2 Å². The standard InChI is InChI=1S/C14H18Cl2FN/c1-18(13-8-3-2-6-11(13)15)9-10-5-4-7-12(16)14(10)17/h4-5,7,11,13H,2-3,6,8-9H2,1H3. The van der Waals surface area contributed by atoms with Crippen molar-refractivity contribution in [2.75, 3.05) is 7.05 Å². The van der Waals surface area contributed by atoms with Crippen molar-refractivity contribution in [3.8, 4) is 0 Å². The maximum absolute atomic E-state index is 13.8. The van der Waals surface area contributed by atoms with Crippen LogP contribution in [0.4, 0.5) is 4.39 Å². The molecule has 0 aliphatic heterocycles. The van der Waals surface area contributed by atoms with Crippen molar-refractivity contribution in [2.45, 2.75) is 43.6 Å². The summed E-state index contributed by atoms with van der Waals surface area (Å²) in [7, 11) is 2.01. The van der Waals surface area contributed by atoms with Gasteiger partial charge < -0.3 is 0 Å². The molecular formula is C14H18Cl2FN. The summed E-state index contributed by atoms with van der Waals surface area (Å²) in [6.45, 7) is 0.556. The van der Waals surface area contributed by atoms with E-state index in [4.69, 9.17) is 23.2 Å². The fraction of sp³-hybridized carbons (Fsp3) is 0.571. The van der Waals surface area contributed by atoms with E-state index in [1.807, 2.05) is 7.05 Å². The fourth-order valence-corrected chi connectivity index (χ4v) is 3.29. The highest BCUT2D eigenvalue weighted by Gasteiger charge is 2.27. The third kappa shape index (κ3) is 3.17. The molecule has 0 radical (unpaired) electrons. The van der Waals surface area contributed by atoms with Gasteiger partial charge in [0.25, 0.3) is 0 Å². The minimum absolute atomic E-state index is 0.172. The second kappa shape index (κ2) is 6.23. The first-order chi connectivity index (χ1) is 8.59. The van der Waals surface area contributed by atoms with Crippen LogP contribution in [-0.4, -0.2) is 23.4 Å². The van der Waals surface area contributed by atoms with E-state index < -0.39 is 0 Å². The summed E-state index contributed by atoms with van der Waals surface area (Å²) in [5, 5.41) is 0.359. The van der Waals surface area contributed by atoms with Crippen LogP contribution in [0.2, 0.25) is 5.02 Å². The van der Waals surface area contributed by atoms with Crippen LogP contribution in [0, 0.1) is 5.82 Å². The number of rotatable bonds is 3. The Hall–Kier alpha value is -0.310. The number of alkyl halides is 1. The summed E-state index contributed by atoms with van der Waals surface area (Å²) in [6.07, 6.45) is 4.54. The van der Waals surface area contributed by atoms with Gasteiger partial charge in [0, 0.05) is 23.5 Å². The molecular weight excluding hydrogens is 272 g/mol. The van der Waals surface area contributed by atoms with E-state index in [0.717, 1.165) is 12.8 Å². The second-order valence-corrected chi connectivity index (χ2v) is 5.96.